The monoisotopic (exact) mass is 392 g/mol. The van der Waals surface area contributed by atoms with Gasteiger partial charge in [-0.3, -0.25) is 0 Å². The number of rotatable bonds is 5. The second-order valence-corrected chi connectivity index (χ2v) is 8.88. The molecule has 3 fully saturated rings. The number of anilines is 1. The fraction of sp³-hybridized carbons (Fsp3) is 0.565. The molecule has 152 valence electrons. The third-order valence-electron chi connectivity index (χ3n) is 6.05. The van der Waals surface area contributed by atoms with Gasteiger partial charge in [0, 0.05) is 29.6 Å². The average Bonchev–Trinajstić information content (AvgIpc) is 3.64. The van der Waals surface area contributed by atoms with Crippen LogP contribution in [0.25, 0.3) is 0 Å². The van der Waals surface area contributed by atoms with Crippen molar-refractivity contribution in [2.75, 3.05) is 25.2 Å². The van der Waals surface area contributed by atoms with Crippen LogP contribution in [0.3, 0.4) is 0 Å². The topological polar surface area (TPSA) is 52.4 Å². The lowest BCUT2D eigenvalue weighted by molar-refractivity contribution is -0.213. The van der Waals surface area contributed by atoms with E-state index in [1.54, 1.807) is 0 Å². The Hall–Kier alpha value is -2.36. The van der Waals surface area contributed by atoms with E-state index in [-0.39, 0.29) is 6.29 Å². The molecule has 1 aromatic carbocycles. The summed E-state index contributed by atoms with van der Waals surface area (Å²) in [7, 11) is 2.09. The first-order valence-electron chi connectivity index (χ1n) is 10.5. The van der Waals surface area contributed by atoms with Crippen LogP contribution in [0.1, 0.15) is 42.5 Å². The molecule has 1 aliphatic heterocycles. The lowest BCUT2D eigenvalue weighted by Crippen LogP contribution is -2.36. The van der Waals surface area contributed by atoms with Gasteiger partial charge < -0.3 is 14.4 Å². The van der Waals surface area contributed by atoms with Crippen molar-refractivity contribution in [1.82, 2.24) is 15.0 Å². The zero-order valence-electron chi connectivity index (χ0n) is 17.2. The van der Waals surface area contributed by atoms with Crippen molar-refractivity contribution in [3.63, 3.8) is 0 Å². The van der Waals surface area contributed by atoms with E-state index in [1.807, 2.05) is 10.9 Å². The van der Waals surface area contributed by atoms with Crippen molar-refractivity contribution in [2.45, 2.75) is 52.0 Å². The number of aromatic nitrogens is 3. The molecule has 3 aliphatic rings. The molecule has 2 saturated carbocycles. The van der Waals surface area contributed by atoms with E-state index in [1.165, 1.54) is 36.9 Å². The van der Waals surface area contributed by atoms with Gasteiger partial charge in [0.1, 0.15) is 5.69 Å². The molecule has 2 aromatic rings. The Morgan fingerprint density at radius 1 is 1.24 bits per heavy atom. The molecule has 2 heterocycles. The van der Waals surface area contributed by atoms with Gasteiger partial charge in [0.2, 0.25) is 0 Å². The van der Waals surface area contributed by atoms with Crippen LogP contribution in [0.15, 0.2) is 24.4 Å². The van der Waals surface area contributed by atoms with E-state index >= 15 is 0 Å². The molecule has 0 N–H and O–H groups in total. The first kappa shape index (κ1) is 18.7. The molecule has 1 spiro atoms. The summed E-state index contributed by atoms with van der Waals surface area (Å²) in [5.74, 6) is 7.27. The smallest absolute Gasteiger partial charge is 0.177 e. The van der Waals surface area contributed by atoms with Crippen LogP contribution in [0.5, 0.6) is 0 Å². The highest BCUT2D eigenvalue weighted by Crippen LogP contribution is 2.48. The van der Waals surface area contributed by atoms with Crippen LogP contribution in [0.2, 0.25) is 0 Å². The van der Waals surface area contributed by atoms with Crippen molar-refractivity contribution in [3.8, 4) is 11.8 Å². The van der Waals surface area contributed by atoms with E-state index in [0.717, 1.165) is 24.5 Å². The van der Waals surface area contributed by atoms with Gasteiger partial charge in [0.15, 0.2) is 6.29 Å². The Bertz CT molecular complexity index is 939. The molecule has 2 aliphatic carbocycles. The molecule has 0 bridgehead atoms. The molecule has 1 saturated heterocycles. The normalized spacial score (nSPS) is 20.3. The SMILES string of the molecule is Cc1ccc(C#CC2CC2)cc1N(C)Cc1cn(CC2OCC3(CC3)CO2)nn1. The maximum absolute atomic E-state index is 5.86. The Labute approximate surface area is 172 Å². The van der Waals surface area contributed by atoms with E-state index in [9.17, 15) is 0 Å². The minimum atomic E-state index is -0.225. The van der Waals surface area contributed by atoms with Crippen molar-refractivity contribution in [3.05, 3.63) is 41.2 Å². The molecule has 1 aromatic heterocycles. The molecule has 6 heteroatoms. The summed E-state index contributed by atoms with van der Waals surface area (Å²) in [6, 6.07) is 6.42. The quantitative estimate of drug-likeness (QED) is 0.732. The number of benzene rings is 1. The van der Waals surface area contributed by atoms with Crippen LogP contribution in [-0.2, 0) is 22.6 Å². The first-order chi connectivity index (χ1) is 14.1. The molecule has 6 nitrogen and oxygen atoms in total. The van der Waals surface area contributed by atoms with Crippen LogP contribution < -0.4 is 4.90 Å². The fourth-order valence-corrected chi connectivity index (χ4v) is 3.69. The average molecular weight is 393 g/mol. The van der Waals surface area contributed by atoms with Gasteiger partial charge in [-0.05, 0) is 50.3 Å². The molecule has 0 unspecified atom stereocenters. The van der Waals surface area contributed by atoms with Crippen LogP contribution in [-0.4, -0.2) is 41.5 Å². The van der Waals surface area contributed by atoms with E-state index < -0.39 is 0 Å². The highest BCUT2D eigenvalue weighted by molar-refractivity contribution is 5.57. The summed E-state index contributed by atoms with van der Waals surface area (Å²) in [6.45, 7) is 5.02. The van der Waals surface area contributed by atoms with Crippen LogP contribution in [0, 0.1) is 30.1 Å². The minimum absolute atomic E-state index is 0.225. The Balaban J connectivity index is 1.20. The lowest BCUT2D eigenvalue weighted by Gasteiger charge is -2.29. The van der Waals surface area contributed by atoms with Crippen LogP contribution >= 0.6 is 0 Å². The standard InChI is InChI=1S/C23H28N4O2/c1-17-3-4-19(8-7-18-5-6-18)11-21(17)26(2)12-20-13-27(25-24-20)14-22-28-15-23(9-10-23)16-29-22/h3-4,11,13,18,22H,5-6,9-10,12,14-16H2,1-2H3. The first-order valence-corrected chi connectivity index (χ1v) is 10.5. The van der Waals surface area contributed by atoms with Crippen molar-refractivity contribution in [1.29, 1.82) is 0 Å². The number of hydrogen-bond donors (Lipinski definition) is 0. The predicted molar refractivity (Wildman–Crippen MR) is 110 cm³/mol. The van der Waals surface area contributed by atoms with Gasteiger partial charge in [0.05, 0.1) is 32.5 Å². The summed E-state index contributed by atoms with van der Waals surface area (Å²) < 4.78 is 13.5. The van der Waals surface area contributed by atoms with Crippen molar-refractivity contribution in [2.24, 2.45) is 11.3 Å². The summed E-state index contributed by atoms with van der Waals surface area (Å²) in [5.41, 5.74) is 4.73. The third-order valence-corrected chi connectivity index (χ3v) is 6.05. The Kier molecular flexibility index (Phi) is 4.81. The fourth-order valence-electron chi connectivity index (χ4n) is 3.69. The molecular weight excluding hydrogens is 364 g/mol. The maximum Gasteiger partial charge on any atom is 0.177 e. The summed E-state index contributed by atoms with van der Waals surface area (Å²) in [4.78, 5) is 2.20. The van der Waals surface area contributed by atoms with Gasteiger partial charge in [-0.15, -0.1) is 5.10 Å². The number of hydrogen-bond acceptors (Lipinski definition) is 5. The van der Waals surface area contributed by atoms with Gasteiger partial charge in [0.25, 0.3) is 0 Å². The highest BCUT2D eigenvalue weighted by atomic mass is 16.7. The second-order valence-electron chi connectivity index (χ2n) is 8.88. The summed E-state index contributed by atoms with van der Waals surface area (Å²) in [5, 5.41) is 8.60. The van der Waals surface area contributed by atoms with E-state index in [0.29, 0.717) is 24.4 Å². The Morgan fingerprint density at radius 3 is 2.76 bits per heavy atom. The molecule has 0 amide bonds. The summed E-state index contributed by atoms with van der Waals surface area (Å²) in [6.07, 6.45) is 6.71. The predicted octanol–water partition coefficient (Wildman–Crippen LogP) is 3.14. The Morgan fingerprint density at radius 2 is 2.03 bits per heavy atom. The molecule has 0 atom stereocenters. The van der Waals surface area contributed by atoms with Crippen molar-refractivity contribution < 1.29 is 9.47 Å². The van der Waals surface area contributed by atoms with Gasteiger partial charge in [-0.25, -0.2) is 4.68 Å². The van der Waals surface area contributed by atoms with Crippen LogP contribution in [0.4, 0.5) is 5.69 Å². The van der Waals surface area contributed by atoms with Gasteiger partial charge in [-0.2, -0.15) is 0 Å². The van der Waals surface area contributed by atoms with Gasteiger partial charge in [-0.1, -0.05) is 23.1 Å². The van der Waals surface area contributed by atoms with Crippen molar-refractivity contribution >= 4 is 5.69 Å². The number of nitrogens with zero attached hydrogens (tertiary/aromatic N) is 4. The highest BCUT2D eigenvalue weighted by Gasteiger charge is 2.46. The van der Waals surface area contributed by atoms with E-state index in [2.05, 4.69) is 59.2 Å². The second kappa shape index (κ2) is 7.47. The van der Waals surface area contributed by atoms with Gasteiger partial charge >= 0.3 is 0 Å². The largest absolute Gasteiger partial charge is 0.368 e. The van der Waals surface area contributed by atoms with E-state index in [4.69, 9.17) is 9.47 Å². The molecule has 29 heavy (non-hydrogen) atoms. The maximum atomic E-state index is 5.86. The zero-order chi connectivity index (χ0) is 19.8. The number of aryl methyl sites for hydroxylation is 1. The lowest BCUT2D eigenvalue weighted by atomic mass is 10.1. The number of ether oxygens (including phenoxy) is 2. The third kappa shape index (κ3) is 4.47. The molecular formula is C23H28N4O2. The minimum Gasteiger partial charge on any atom is -0.368 e. The summed E-state index contributed by atoms with van der Waals surface area (Å²) >= 11 is 0. The molecule has 0 radical (unpaired) electrons. The zero-order valence-corrected chi connectivity index (χ0v) is 17.2. The molecule has 5 rings (SSSR count).